The van der Waals surface area contributed by atoms with Gasteiger partial charge in [-0.25, -0.2) is 9.78 Å². The number of anilines is 1. The first kappa shape index (κ1) is 15.5. The van der Waals surface area contributed by atoms with Crippen LogP contribution in [0.25, 0.3) is 10.2 Å². The van der Waals surface area contributed by atoms with Crippen molar-refractivity contribution in [1.82, 2.24) is 15.5 Å². The molecule has 2 heterocycles. The molecule has 0 aliphatic heterocycles. The predicted molar refractivity (Wildman–Crippen MR) is 90.8 cm³/mol. The van der Waals surface area contributed by atoms with Crippen LogP contribution < -0.4 is 10.6 Å². The third-order valence-corrected chi connectivity index (χ3v) is 4.26. The summed E-state index contributed by atoms with van der Waals surface area (Å²) in [6.07, 6.45) is 0. The molecule has 3 aromatic rings. The third kappa shape index (κ3) is 3.68. The summed E-state index contributed by atoms with van der Waals surface area (Å²) < 4.78 is 6.25. The number of nitrogens with one attached hydrogen (secondary N) is 2. The summed E-state index contributed by atoms with van der Waals surface area (Å²) in [5.74, 6) is 1.09. The van der Waals surface area contributed by atoms with Gasteiger partial charge in [0.2, 0.25) is 0 Å². The first-order valence-corrected chi connectivity index (χ1v) is 8.20. The topological polar surface area (TPSA) is 80.0 Å². The van der Waals surface area contributed by atoms with E-state index >= 15 is 0 Å². The molecule has 0 saturated heterocycles. The average Bonchev–Trinajstić information content (AvgIpc) is 3.10. The van der Waals surface area contributed by atoms with Gasteiger partial charge in [0.1, 0.15) is 11.5 Å². The van der Waals surface area contributed by atoms with Crippen LogP contribution in [0.15, 0.2) is 28.8 Å². The van der Waals surface area contributed by atoms with Gasteiger partial charge < -0.3 is 15.2 Å². The number of aromatic nitrogens is 2. The van der Waals surface area contributed by atoms with Crippen molar-refractivity contribution < 1.29 is 9.32 Å². The van der Waals surface area contributed by atoms with E-state index in [1.54, 1.807) is 11.3 Å². The number of urea groups is 1. The zero-order chi connectivity index (χ0) is 16.4. The van der Waals surface area contributed by atoms with E-state index < -0.39 is 0 Å². The molecule has 6 nitrogen and oxygen atoms in total. The number of aryl methyl sites for hydroxylation is 1. The summed E-state index contributed by atoms with van der Waals surface area (Å²) in [5, 5.41) is 10.5. The number of rotatable bonds is 4. The lowest BCUT2D eigenvalue weighted by Gasteiger charge is -2.06. The minimum absolute atomic E-state index is 0.277. The number of thiazole rings is 1. The van der Waals surface area contributed by atoms with Gasteiger partial charge >= 0.3 is 6.03 Å². The van der Waals surface area contributed by atoms with E-state index in [0.29, 0.717) is 12.2 Å². The molecule has 0 bridgehead atoms. The molecule has 0 fully saturated rings. The minimum Gasteiger partial charge on any atom is -0.361 e. The van der Waals surface area contributed by atoms with Crippen molar-refractivity contribution in [1.29, 1.82) is 0 Å². The molecule has 0 atom stereocenters. The van der Waals surface area contributed by atoms with Crippen molar-refractivity contribution in [3.63, 3.8) is 0 Å². The van der Waals surface area contributed by atoms with Crippen LogP contribution in [0.2, 0.25) is 0 Å². The van der Waals surface area contributed by atoms with Gasteiger partial charge in [0.25, 0.3) is 0 Å². The van der Waals surface area contributed by atoms with E-state index in [0.717, 1.165) is 26.7 Å². The summed E-state index contributed by atoms with van der Waals surface area (Å²) in [6.45, 7) is 6.35. The second kappa shape index (κ2) is 6.37. The average molecular weight is 330 g/mol. The first-order valence-electron chi connectivity index (χ1n) is 7.39. The van der Waals surface area contributed by atoms with E-state index in [2.05, 4.69) is 20.8 Å². The number of hydrogen-bond acceptors (Lipinski definition) is 5. The Balaban J connectivity index is 1.59. The summed E-state index contributed by atoms with van der Waals surface area (Å²) in [6, 6.07) is 7.25. The number of fused-ring (bicyclic) bond motifs is 1. The summed E-state index contributed by atoms with van der Waals surface area (Å²) in [4.78, 5) is 16.4. The molecule has 2 N–H and O–H groups in total. The van der Waals surface area contributed by atoms with Gasteiger partial charge in [-0.05, 0) is 25.1 Å². The van der Waals surface area contributed by atoms with Crippen LogP contribution in [-0.4, -0.2) is 16.2 Å². The van der Waals surface area contributed by atoms with Crippen LogP contribution in [0.1, 0.15) is 36.2 Å². The highest BCUT2D eigenvalue weighted by Gasteiger charge is 2.09. The minimum atomic E-state index is -0.278. The second-order valence-corrected chi connectivity index (χ2v) is 6.83. The number of benzene rings is 1. The van der Waals surface area contributed by atoms with E-state index in [-0.39, 0.29) is 11.9 Å². The van der Waals surface area contributed by atoms with E-state index in [9.17, 15) is 4.79 Å². The van der Waals surface area contributed by atoms with E-state index in [1.165, 1.54) is 0 Å². The Labute approximate surface area is 137 Å². The van der Waals surface area contributed by atoms with Crippen molar-refractivity contribution in [2.24, 2.45) is 0 Å². The lowest BCUT2D eigenvalue weighted by atomic mass is 10.1. The molecule has 0 radical (unpaired) electrons. The monoisotopic (exact) mass is 330 g/mol. The van der Waals surface area contributed by atoms with E-state index in [1.807, 2.05) is 45.0 Å². The molecular formula is C16H18N4O2S. The largest absolute Gasteiger partial charge is 0.361 e. The summed E-state index contributed by atoms with van der Waals surface area (Å²) in [7, 11) is 0. The smallest absolute Gasteiger partial charge is 0.319 e. The lowest BCUT2D eigenvalue weighted by molar-refractivity contribution is 0.251. The zero-order valence-electron chi connectivity index (χ0n) is 13.2. The number of carbonyl (C=O) groups excluding carboxylic acids is 1. The maximum Gasteiger partial charge on any atom is 0.319 e. The van der Waals surface area contributed by atoms with Gasteiger partial charge in [-0.1, -0.05) is 19.0 Å². The Hall–Kier alpha value is -2.41. The standard InChI is InChI=1S/C16H18N4O2S/c1-9(2)14-6-12(20-22-14)8-17-16(21)19-11-4-5-13-15(7-11)23-10(3)18-13/h4-7,9H,8H2,1-3H3,(H2,17,19,21). The Morgan fingerprint density at radius 2 is 2.17 bits per heavy atom. The van der Waals surface area contributed by atoms with Crippen molar-refractivity contribution in [2.75, 3.05) is 5.32 Å². The molecule has 3 rings (SSSR count). The molecule has 1 aromatic carbocycles. The van der Waals surface area contributed by atoms with Crippen LogP contribution in [0.4, 0.5) is 10.5 Å². The molecule has 0 saturated carbocycles. The lowest BCUT2D eigenvalue weighted by Crippen LogP contribution is -2.28. The fourth-order valence-electron chi connectivity index (χ4n) is 2.15. The Morgan fingerprint density at radius 1 is 1.35 bits per heavy atom. The summed E-state index contributed by atoms with van der Waals surface area (Å²) >= 11 is 1.60. The van der Waals surface area contributed by atoms with Gasteiger partial charge in [-0.3, -0.25) is 0 Å². The zero-order valence-corrected chi connectivity index (χ0v) is 14.0. The predicted octanol–water partition coefficient (Wildman–Crippen LogP) is 4.04. The number of hydrogen-bond donors (Lipinski definition) is 2. The summed E-state index contributed by atoms with van der Waals surface area (Å²) in [5.41, 5.74) is 2.39. The van der Waals surface area contributed by atoms with Gasteiger partial charge in [0.05, 0.1) is 21.8 Å². The number of carbonyl (C=O) groups is 1. The highest BCUT2D eigenvalue weighted by Crippen LogP contribution is 2.24. The first-order chi connectivity index (χ1) is 11.0. The van der Waals surface area contributed by atoms with Crippen molar-refractivity contribution >= 4 is 33.3 Å². The van der Waals surface area contributed by atoms with Crippen LogP contribution in [0.3, 0.4) is 0 Å². The fraction of sp³-hybridized carbons (Fsp3) is 0.312. The molecule has 7 heteroatoms. The van der Waals surface area contributed by atoms with E-state index in [4.69, 9.17) is 4.52 Å². The molecule has 0 unspecified atom stereocenters. The Bertz CT molecular complexity index is 838. The fourth-order valence-corrected chi connectivity index (χ4v) is 3.01. The maximum atomic E-state index is 12.0. The molecule has 0 spiro atoms. The SMILES string of the molecule is Cc1nc2ccc(NC(=O)NCc3cc(C(C)C)on3)cc2s1. The highest BCUT2D eigenvalue weighted by atomic mass is 32.1. The molecule has 2 aromatic heterocycles. The number of amides is 2. The van der Waals surface area contributed by atoms with Gasteiger partial charge in [-0.2, -0.15) is 0 Å². The van der Waals surface area contributed by atoms with Crippen molar-refractivity contribution in [3.05, 3.63) is 40.7 Å². The highest BCUT2D eigenvalue weighted by molar-refractivity contribution is 7.18. The van der Waals surface area contributed by atoms with Gasteiger partial charge in [-0.15, -0.1) is 11.3 Å². The Morgan fingerprint density at radius 3 is 2.91 bits per heavy atom. The van der Waals surface area contributed by atoms with Crippen LogP contribution in [0.5, 0.6) is 0 Å². The normalized spacial score (nSPS) is 11.1. The van der Waals surface area contributed by atoms with Crippen LogP contribution >= 0.6 is 11.3 Å². The molecule has 2 amide bonds. The molecule has 23 heavy (non-hydrogen) atoms. The van der Waals surface area contributed by atoms with Crippen LogP contribution in [0, 0.1) is 6.92 Å². The van der Waals surface area contributed by atoms with Crippen LogP contribution in [-0.2, 0) is 6.54 Å². The van der Waals surface area contributed by atoms with Gasteiger partial charge in [0.15, 0.2) is 0 Å². The molecule has 0 aliphatic carbocycles. The maximum absolute atomic E-state index is 12.0. The molecule has 120 valence electrons. The van der Waals surface area contributed by atoms with Crippen molar-refractivity contribution in [2.45, 2.75) is 33.2 Å². The quantitative estimate of drug-likeness (QED) is 0.756. The second-order valence-electron chi connectivity index (χ2n) is 5.60. The van der Waals surface area contributed by atoms with Crippen molar-refractivity contribution in [3.8, 4) is 0 Å². The van der Waals surface area contributed by atoms with Gasteiger partial charge in [0, 0.05) is 17.7 Å². The molecular weight excluding hydrogens is 312 g/mol. The third-order valence-electron chi connectivity index (χ3n) is 3.33. The molecule has 0 aliphatic rings. The Kier molecular flexibility index (Phi) is 4.29. The number of nitrogens with zero attached hydrogens (tertiary/aromatic N) is 2.